The fraction of sp³-hybridized carbons (Fsp3) is 0.500. The number of carbonyl (C=O) groups is 2. The molecule has 2 atom stereocenters. The van der Waals surface area contributed by atoms with Crippen LogP contribution in [0.3, 0.4) is 0 Å². The maximum atomic E-state index is 11.9. The van der Waals surface area contributed by atoms with Crippen LogP contribution in [0.2, 0.25) is 0 Å². The lowest BCUT2D eigenvalue weighted by molar-refractivity contribution is -0.139. The minimum Gasteiger partial charge on any atom is -0.493 e. The third-order valence-corrected chi connectivity index (χ3v) is 4.04. The first kappa shape index (κ1) is 15.5. The lowest BCUT2D eigenvalue weighted by Gasteiger charge is -2.15. The normalized spacial score (nSPS) is 22.0. The molecule has 0 radical (unpaired) electrons. The van der Waals surface area contributed by atoms with Crippen LogP contribution in [0.15, 0.2) is 24.3 Å². The highest BCUT2D eigenvalue weighted by atomic mass is 16.5. The van der Waals surface area contributed by atoms with Crippen LogP contribution in [0.5, 0.6) is 5.75 Å². The maximum absolute atomic E-state index is 11.9. The van der Waals surface area contributed by atoms with Crippen LogP contribution in [0, 0.1) is 11.8 Å². The van der Waals surface area contributed by atoms with E-state index in [1.165, 1.54) is 4.90 Å². The predicted molar refractivity (Wildman–Crippen MR) is 79.5 cm³/mol. The number of nitrogens with two attached hydrogens (primary N) is 1. The van der Waals surface area contributed by atoms with Crippen molar-refractivity contribution >= 4 is 11.8 Å². The monoisotopic (exact) mass is 290 g/mol. The van der Waals surface area contributed by atoms with Gasteiger partial charge in [0.25, 0.3) is 0 Å². The average molecular weight is 290 g/mol. The van der Waals surface area contributed by atoms with Crippen molar-refractivity contribution in [2.75, 3.05) is 13.2 Å². The number of ether oxygens (including phenoxy) is 1. The van der Waals surface area contributed by atoms with Crippen molar-refractivity contribution in [2.45, 2.75) is 26.8 Å². The Labute approximate surface area is 125 Å². The van der Waals surface area contributed by atoms with Crippen LogP contribution in [0.1, 0.15) is 25.8 Å². The Morgan fingerprint density at radius 1 is 1.14 bits per heavy atom. The highest BCUT2D eigenvalue weighted by molar-refractivity contribution is 6.04. The van der Waals surface area contributed by atoms with Crippen molar-refractivity contribution in [3.8, 4) is 5.75 Å². The van der Waals surface area contributed by atoms with Crippen molar-refractivity contribution < 1.29 is 14.3 Å². The van der Waals surface area contributed by atoms with Crippen LogP contribution in [0.25, 0.3) is 0 Å². The Kier molecular flexibility index (Phi) is 4.96. The second-order valence-electron chi connectivity index (χ2n) is 5.42. The molecule has 0 spiro atoms. The molecule has 1 heterocycles. The molecule has 5 heteroatoms. The molecule has 2 unspecified atom stereocenters. The van der Waals surface area contributed by atoms with Crippen LogP contribution < -0.4 is 10.5 Å². The molecule has 5 nitrogen and oxygen atoms in total. The highest BCUT2D eigenvalue weighted by Crippen LogP contribution is 2.25. The summed E-state index contributed by atoms with van der Waals surface area (Å²) < 4.78 is 5.68. The summed E-state index contributed by atoms with van der Waals surface area (Å²) in [6.07, 6.45) is 0.621. The first-order chi connectivity index (χ1) is 10.1. The van der Waals surface area contributed by atoms with Crippen molar-refractivity contribution in [2.24, 2.45) is 17.6 Å². The minimum atomic E-state index is -0.212. The minimum absolute atomic E-state index is 0.0742. The van der Waals surface area contributed by atoms with E-state index in [0.717, 1.165) is 11.3 Å². The van der Waals surface area contributed by atoms with Crippen molar-refractivity contribution in [3.05, 3.63) is 29.8 Å². The van der Waals surface area contributed by atoms with Crippen molar-refractivity contribution in [3.63, 3.8) is 0 Å². The van der Waals surface area contributed by atoms with E-state index >= 15 is 0 Å². The van der Waals surface area contributed by atoms with Gasteiger partial charge in [-0.15, -0.1) is 0 Å². The van der Waals surface area contributed by atoms with E-state index in [1.54, 1.807) is 13.8 Å². The maximum Gasteiger partial charge on any atom is 0.232 e. The standard InChI is InChI=1S/C16H22N2O3/c1-11-12(2)16(20)18(15(11)19)8-5-9-21-14-7-4-3-6-13(14)10-17/h3-4,6-7,11-12H,5,8-10,17H2,1-2H3. The predicted octanol–water partition coefficient (Wildman–Crippen LogP) is 1.56. The van der Waals surface area contributed by atoms with Gasteiger partial charge in [-0.2, -0.15) is 0 Å². The van der Waals surface area contributed by atoms with E-state index in [2.05, 4.69) is 0 Å². The fourth-order valence-electron chi connectivity index (χ4n) is 2.47. The van der Waals surface area contributed by atoms with Crippen molar-refractivity contribution in [1.29, 1.82) is 0 Å². The number of benzene rings is 1. The Hall–Kier alpha value is -1.88. The zero-order valence-corrected chi connectivity index (χ0v) is 12.5. The van der Waals surface area contributed by atoms with E-state index in [-0.39, 0.29) is 23.7 Å². The lowest BCUT2D eigenvalue weighted by Crippen LogP contribution is -2.32. The van der Waals surface area contributed by atoms with Crippen LogP contribution in [-0.4, -0.2) is 29.9 Å². The van der Waals surface area contributed by atoms with Gasteiger partial charge in [0.15, 0.2) is 0 Å². The average Bonchev–Trinajstić information content (AvgIpc) is 2.69. The van der Waals surface area contributed by atoms with Crippen LogP contribution >= 0.6 is 0 Å². The van der Waals surface area contributed by atoms with Gasteiger partial charge in [-0.05, 0) is 12.5 Å². The van der Waals surface area contributed by atoms with E-state index in [1.807, 2.05) is 24.3 Å². The van der Waals surface area contributed by atoms with Gasteiger partial charge in [0.05, 0.1) is 6.61 Å². The number of hydrogen-bond acceptors (Lipinski definition) is 4. The largest absolute Gasteiger partial charge is 0.493 e. The molecule has 0 saturated carbocycles. The Morgan fingerprint density at radius 2 is 1.76 bits per heavy atom. The lowest BCUT2D eigenvalue weighted by atomic mass is 10.00. The molecule has 1 aromatic rings. The van der Waals surface area contributed by atoms with E-state index in [9.17, 15) is 9.59 Å². The third-order valence-electron chi connectivity index (χ3n) is 4.04. The number of carbonyl (C=O) groups excluding carboxylic acids is 2. The zero-order valence-electron chi connectivity index (χ0n) is 12.5. The molecule has 1 fully saturated rings. The first-order valence-corrected chi connectivity index (χ1v) is 7.32. The third kappa shape index (κ3) is 3.24. The number of para-hydroxylation sites is 1. The number of imide groups is 1. The van der Waals surface area contributed by atoms with E-state index < -0.39 is 0 Å². The smallest absolute Gasteiger partial charge is 0.232 e. The molecule has 2 amide bonds. The molecule has 2 rings (SSSR count). The summed E-state index contributed by atoms with van der Waals surface area (Å²) in [7, 11) is 0. The van der Waals surface area contributed by atoms with Gasteiger partial charge in [-0.25, -0.2) is 0 Å². The SMILES string of the molecule is CC1C(=O)N(CCCOc2ccccc2CN)C(=O)C1C. The van der Waals surface area contributed by atoms with Gasteiger partial charge in [-0.1, -0.05) is 32.0 Å². The molecule has 2 N–H and O–H groups in total. The molecule has 1 aromatic carbocycles. The second kappa shape index (κ2) is 6.72. The Morgan fingerprint density at radius 3 is 2.38 bits per heavy atom. The molecule has 1 aliphatic rings. The van der Waals surface area contributed by atoms with Gasteiger partial charge in [-0.3, -0.25) is 14.5 Å². The summed E-state index contributed by atoms with van der Waals surface area (Å²) >= 11 is 0. The van der Waals surface area contributed by atoms with Gasteiger partial charge in [0.1, 0.15) is 5.75 Å². The topological polar surface area (TPSA) is 72.6 Å². The Bertz CT molecular complexity index is 510. The number of amides is 2. The van der Waals surface area contributed by atoms with Gasteiger partial charge >= 0.3 is 0 Å². The molecule has 0 bridgehead atoms. The number of hydrogen-bond donors (Lipinski definition) is 1. The number of likely N-dealkylation sites (tertiary alicyclic amines) is 1. The highest BCUT2D eigenvalue weighted by Gasteiger charge is 2.41. The van der Waals surface area contributed by atoms with Gasteiger partial charge < -0.3 is 10.5 Å². The summed E-state index contributed by atoms with van der Waals surface area (Å²) in [5.41, 5.74) is 6.60. The van der Waals surface area contributed by atoms with Crippen molar-refractivity contribution in [1.82, 2.24) is 4.90 Å². The summed E-state index contributed by atoms with van der Waals surface area (Å²) in [6, 6.07) is 7.61. The summed E-state index contributed by atoms with van der Waals surface area (Å²) in [5.74, 6) is 0.193. The molecule has 21 heavy (non-hydrogen) atoms. The number of rotatable bonds is 6. The summed E-state index contributed by atoms with van der Waals surface area (Å²) in [5, 5.41) is 0. The summed E-state index contributed by atoms with van der Waals surface area (Å²) in [6.45, 7) is 4.90. The molecule has 114 valence electrons. The molecule has 1 aliphatic heterocycles. The number of nitrogens with zero attached hydrogens (tertiary/aromatic N) is 1. The van der Waals surface area contributed by atoms with Gasteiger partial charge in [0, 0.05) is 30.5 Å². The van der Waals surface area contributed by atoms with Gasteiger partial charge in [0.2, 0.25) is 11.8 Å². The fourth-order valence-corrected chi connectivity index (χ4v) is 2.47. The van der Waals surface area contributed by atoms with Crippen LogP contribution in [-0.2, 0) is 16.1 Å². The van der Waals surface area contributed by atoms with E-state index in [0.29, 0.717) is 26.1 Å². The second-order valence-corrected chi connectivity index (χ2v) is 5.42. The van der Waals surface area contributed by atoms with Crippen LogP contribution in [0.4, 0.5) is 0 Å². The van der Waals surface area contributed by atoms with E-state index in [4.69, 9.17) is 10.5 Å². The molecule has 0 aromatic heterocycles. The first-order valence-electron chi connectivity index (χ1n) is 7.32. The zero-order chi connectivity index (χ0) is 15.4. The molecular weight excluding hydrogens is 268 g/mol. The Balaban J connectivity index is 1.83. The molecule has 0 aliphatic carbocycles. The molecule has 1 saturated heterocycles. The molecular formula is C16H22N2O3. The quantitative estimate of drug-likeness (QED) is 0.637. The summed E-state index contributed by atoms with van der Waals surface area (Å²) in [4.78, 5) is 25.2.